The number of piperazine rings is 1. The fourth-order valence-corrected chi connectivity index (χ4v) is 5.21. The Balaban J connectivity index is 1.50. The van der Waals surface area contributed by atoms with Crippen LogP contribution in [-0.2, 0) is 0 Å². The first-order valence-corrected chi connectivity index (χ1v) is 12.7. The number of nitrogens with zero attached hydrogens (tertiary/aromatic N) is 3. The molecule has 37 heavy (non-hydrogen) atoms. The Kier molecular flexibility index (Phi) is 7.10. The number of halogens is 1. The maximum Gasteiger partial charge on any atom is 0.255 e. The molecule has 0 radical (unpaired) electrons. The summed E-state index contributed by atoms with van der Waals surface area (Å²) in [5.41, 5.74) is 5.35. The van der Waals surface area contributed by atoms with Gasteiger partial charge in [-0.2, -0.15) is 0 Å². The Morgan fingerprint density at radius 3 is 2.19 bits per heavy atom. The van der Waals surface area contributed by atoms with Crippen LogP contribution in [0, 0.1) is 6.92 Å². The van der Waals surface area contributed by atoms with Gasteiger partial charge in [-0.05, 0) is 42.8 Å². The molecule has 0 spiro atoms. The average Bonchev–Trinajstić information content (AvgIpc) is 3.29. The maximum absolute atomic E-state index is 13.8. The normalized spacial score (nSPS) is 13.5. The predicted octanol–water partition coefficient (Wildman–Crippen LogP) is 6.09. The van der Waals surface area contributed by atoms with Crippen molar-refractivity contribution < 1.29 is 14.3 Å². The fourth-order valence-electron chi connectivity index (χ4n) is 4.95. The van der Waals surface area contributed by atoms with Crippen LogP contribution in [-0.4, -0.2) is 55.8 Å². The molecule has 1 amide bonds. The molecule has 0 N–H and O–H groups in total. The first-order valence-electron chi connectivity index (χ1n) is 12.3. The van der Waals surface area contributed by atoms with E-state index in [0.29, 0.717) is 30.2 Å². The highest BCUT2D eigenvalue weighted by atomic mass is 35.5. The number of hydrogen-bond donors (Lipinski definition) is 0. The number of benzene rings is 3. The van der Waals surface area contributed by atoms with E-state index in [4.69, 9.17) is 21.1 Å². The summed E-state index contributed by atoms with van der Waals surface area (Å²) in [6.45, 7) is 4.70. The number of hydrogen-bond acceptors (Lipinski definition) is 4. The lowest BCUT2D eigenvalue weighted by atomic mass is 10.1. The SMILES string of the molecule is COc1ccc(-n2c(-c3ccccc3)cc(C(=O)N3CCN(c4ccccc4Cl)CC3)c2C)c(OC)c1. The van der Waals surface area contributed by atoms with Crippen LogP contribution >= 0.6 is 11.6 Å². The van der Waals surface area contributed by atoms with Crippen LogP contribution in [0.3, 0.4) is 0 Å². The number of aromatic nitrogens is 1. The lowest BCUT2D eigenvalue weighted by Gasteiger charge is -2.36. The van der Waals surface area contributed by atoms with Crippen molar-refractivity contribution in [1.29, 1.82) is 0 Å². The fraction of sp³-hybridized carbons (Fsp3) is 0.233. The van der Waals surface area contributed by atoms with E-state index in [1.54, 1.807) is 14.2 Å². The summed E-state index contributed by atoms with van der Waals surface area (Å²) < 4.78 is 13.2. The number of carbonyl (C=O) groups is 1. The van der Waals surface area contributed by atoms with Gasteiger partial charge in [-0.3, -0.25) is 4.79 Å². The zero-order valence-electron chi connectivity index (χ0n) is 21.3. The van der Waals surface area contributed by atoms with Crippen LogP contribution < -0.4 is 14.4 Å². The molecule has 2 heterocycles. The monoisotopic (exact) mass is 515 g/mol. The highest BCUT2D eigenvalue weighted by Crippen LogP contribution is 2.36. The van der Waals surface area contributed by atoms with Crippen molar-refractivity contribution in [1.82, 2.24) is 9.47 Å². The standard InChI is InChI=1S/C30H30ClN3O3/c1-21-24(30(35)33-17-15-32(16-18-33)26-12-8-7-11-25(26)31)20-28(22-9-5-4-6-10-22)34(21)27-14-13-23(36-2)19-29(27)37-3/h4-14,19-20H,15-18H2,1-3H3. The van der Waals surface area contributed by atoms with Crippen molar-refractivity contribution in [2.75, 3.05) is 45.3 Å². The van der Waals surface area contributed by atoms with E-state index < -0.39 is 0 Å². The number of amides is 1. The maximum atomic E-state index is 13.8. The number of para-hydroxylation sites is 1. The average molecular weight is 516 g/mol. The van der Waals surface area contributed by atoms with Gasteiger partial charge in [0.15, 0.2) is 0 Å². The Hall–Kier alpha value is -3.90. The minimum atomic E-state index is 0.0275. The summed E-state index contributed by atoms with van der Waals surface area (Å²) in [6, 6.07) is 25.7. The molecular weight excluding hydrogens is 486 g/mol. The van der Waals surface area contributed by atoms with Gasteiger partial charge < -0.3 is 23.8 Å². The molecule has 1 aliphatic rings. The lowest BCUT2D eigenvalue weighted by molar-refractivity contribution is 0.0746. The van der Waals surface area contributed by atoms with Crippen LogP contribution in [0.5, 0.6) is 11.5 Å². The van der Waals surface area contributed by atoms with Crippen molar-refractivity contribution in [2.45, 2.75) is 6.92 Å². The highest BCUT2D eigenvalue weighted by molar-refractivity contribution is 6.33. The minimum absolute atomic E-state index is 0.0275. The Morgan fingerprint density at radius 2 is 1.51 bits per heavy atom. The number of carbonyl (C=O) groups excluding carboxylic acids is 1. The summed E-state index contributed by atoms with van der Waals surface area (Å²) in [5.74, 6) is 1.40. The second kappa shape index (κ2) is 10.6. The van der Waals surface area contributed by atoms with Gasteiger partial charge in [0.2, 0.25) is 0 Å². The van der Waals surface area contributed by atoms with E-state index in [0.717, 1.165) is 46.4 Å². The zero-order chi connectivity index (χ0) is 25.9. The summed E-state index contributed by atoms with van der Waals surface area (Å²) >= 11 is 6.41. The molecule has 3 aromatic carbocycles. The second-order valence-corrected chi connectivity index (χ2v) is 9.41. The second-order valence-electron chi connectivity index (χ2n) is 9.00. The first kappa shape index (κ1) is 24.8. The van der Waals surface area contributed by atoms with Gasteiger partial charge >= 0.3 is 0 Å². The highest BCUT2D eigenvalue weighted by Gasteiger charge is 2.28. The Bertz CT molecular complexity index is 1410. The summed E-state index contributed by atoms with van der Waals surface area (Å²) in [6.07, 6.45) is 0. The molecule has 0 saturated carbocycles. The Morgan fingerprint density at radius 1 is 0.811 bits per heavy atom. The van der Waals surface area contributed by atoms with E-state index in [9.17, 15) is 4.79 Å². The number of rotatable bonds is 6. The molecule has 0 unspecified atom stereocenters. The van der Waals surface area contributed by atoms with Gasteiger partial charge in [0.05, 0.1) is 41.9 Å². The van der Waals surface area contributed by atoms with Gasteiger partial charge in [0, 0.05) is 37.9 Å². The third-order valence-corrected chi connectivity index (χ3v) is 7.25. The molecule has 1 aromatic heterocycles. The van der Waals surface area contributed by atoms with Gasteiger partial charge in [-0.25, -0.2) is 0 Å². The van der Waals surface area contributed by atoms with Crippen LogP contribution in [0.25, 0.3) is 16.9 Å². The topological polar surface area (TPSA) is 46.9 Å². The zero-order valence-corrected chi connectivity index (χ0v) is 22.0. The smallest absolute Gasteiger partial charge is 0.255 e. The van der Waals surface area contributed by atoms with E-state index in [2.05, 4.69) is 21.6 Å². The van der Waals surface area contributed by atoms with Crippen molar-refractivity contribution in [3.8, 4) is 28.4 Å². The summed E-state index contributed by atoms with van der Waals surface area (Å²) in [4.78, 5) is 18.0. The molecule has 190 valence electrons. The third kappa shape index (κ3) is 4.77. The predicted molar refractivity (Wildman–Crippen MR) is 149 cm³/mol. The van der Waals surface area contributed by atoms with Crippen LogP contribution in [0.1, 0.15) is 16.1 Å². The summed E-state index contributed by atoms with van der Waals surface area (Å²) in [5, 5.41) is 0.733. The van der Waals surface area contributed by atoms with Crippen molar-refractivity contribution in [2.24, 2.45) is 0 Å². The van der Waals surface area contributed by atoms with Gasteiger partial charge in [0.1, 0.15) is 11.5 Å². The number of methoxy groups -OCH3 is 2. The molecule has 1 saturated heterocycles. The van der Waals surface area contributed by atoms with E-state index in [-0.39, 0.29) is 5.91 Å². The molecule has 6 nitrogen and oxygen atoms in total. The molecule has 1 fully saturated rings. The Labute approximate surface area is 222 Å². The molecule has 1 aliphatic heterocycles. The van der Waals surface area contributed by atoms with Gasteiger partial charge in [-0.15, -0.1) is 0 Å². The van der Waals surface area contributed by atoms with Crippen molar-refractivity contribution >= 4 is 23.2 Å². The van der Waals surface area contributed by atoms with Crippen LogP contribution in [0.15, 0.2) is 78.9 Å². The van der Waals surface area contributed by atoms with Gasteiger partial charge in [-0.1, -0.05) is 54.1 Å². The first-order chi connectivity index (χ1) is 18.0. The minimum Gasteiger partial charge on any atom is -0.497 e. The molecule has 4 aromatic rings. The number of ether oxygens (including phenoxy) is 2. The summed E-state index contributed by atoms with van der Waals surface area (Å²) in [7, 11) is 3.27. The van der Waals surface area contributed by atoms with E-state index in [1.807, 2.05) is 78.6 Å². The van der Waals surface area contributed by atoms with Crippen molar-refractivity contribution in [3.63, 3.8) is 0 Å². The molecule has 0 atom stereocenters. The molecule has 5 rings (SSSR count). The molecule has 7 heteroatoms. The largest absolute Gasteiger partial charge is 0.497 e. The molecular formula is C30H30ClN3O3. The van der Waals surface area contributed by atoms with Crippen LogP contribution in [0.4, 0.5) is 5.69 Å². The third-order valence-electron chi connectivity index (χ3n) is 6.93. The van der Waals surface area contributed by atoms with Gasteiger partial charge in [0.25, 0.3) is 5.91 Å². The number of anilines is 1. The van der Waals surface area contributed by atoms with Crippen molar-refractivity contribution in [3.05, 3.63) is 95.1 Å². The van der Waals surface area contributed by atoms with E-state index in [1.165, 1.54) is 0 Å². The van der Waals surface area contributed by atoms with Crippen LogP contribution in [0.2, 0.25) is 5.02 Å². The molecule has 0 bridgehead atoms. The quantitative estimate of drug-likeness (QED) is 0.312. The lowest BCUT2D eigenvalue weighted by Crippen LogP contribution is -2.49. The molecule has 0 aliphatic carbocycles. The van der Waals surface area contributed by atoms with E-state index >= 15 is 0 Å².